The van der Waals surface area contributed by atoms with Gasteiger partial charge in [-0.1, -0.05) is 6.07 Å². The number of anilines is 1. The molecule has 5 nitrogen and oxygen atoms in total. The zero-order valence-corrected chi connectivity index (χ0v) is 10.9. The third-order valence-electron chi connectivity index (χ3n) is 2.76. The first-order valence-corrected chi connectivity index (χ1v) is 5.95. The molecule has 0 aromatic heterocycles. The Labute approximate surface area is 116 Å². The highest BCUT2D eigenvalue weighted by molar-refractivity contribution is 6.05. The van der Waals surface area contributed by atoms with Crippen LogP contribution in [0.5, 0.6) is 5.75 Å². The fourth-order valence-electron chi connectivity index (χ4n) is 1.69. The molecule has 0 saturated heterocycles. The van der Waals surface area contributed by atoms with Crippen molar-refractivity contribution in [2.24, 2.45) is 5.73 Å². The predicted molar refractivity (Wildman–Crippen MR) is 75.9 cm³/mol. The first kappa shape index (κ1) is 13.6. The van der Waals surface area contributed by atoms with Gasteiger partial charge >= 0.3 is 0 Å². The number of carbonyl (C=O) groups excluding carboxylic acids is 2. The Morgan fingerprint density at radius 1 is 1.05 bits per heavy atom. The van der Waals surface area contributed by atoms with E-state index in [-0.39, 0.29) is 5.91 Å². The summed E-state index contributed by atoms with van der Waals surface area (Å²) in [6.45, 7) is 0. The number of amides is 2. The van der Waals surface area contributed by atoms with E-state index in [1.165, 1.54) is 12.1 Å². The molecule has 0 aliphatic carbocycles. The van der Waals surface area contributed by atoms with E-state index in [1.807, 2.05) is 0 Å². The van der Waals surface area contributed by atoms with Crippen LogP contribution in [0.25, 0.3) is 0 Å². The maximum Gasteiger partial charge on any atom is 0.255 e. The van der Waals surface area contributed by atoms with Crippen molar-refractivity contribution < 1.29 is 14.3 Å². The van der Waals surface area contributed by atoms with Gasteiger partial charge in [0.05, 0.1) is 7.11 Å². The number of rotatable bonds is 4. The lowest BCUT2D eigenvalue weighted by Crippen LogP contribution is -2.14. The van der Waals surface area contributed by atoms with Gasteiger partial charge in [-0.3, -0.25) is 9.59 Å². The van der Waals surface area contributed by atoms with Crippen LogP contribution in [0, 0.1) is 0 Å². The Bertz CT molecular complexity index is 636. The summed E-state index contributed by atoms with van der Waals surface area (Å²) < 4.78 is 5.08. The van der Waals surface area contributed by atoms with Crippen LogP contribution in [0.1, 0.15) is 20.7 Å². The van der Waals surface area contributed by atoms with Crippen LogP contribution in [-0.2, 0) is 0 Å². The van der Waals surface area contributed by atoms with Crippen LogP contribution in [0.15, 0.2) is 48.5 Å². The highest BCUT2D eigenvalue weighted by Gasteiger charge is 2.07. The van der Waals surface area contributed by atoms with Crippen molar-refractivity contribution in [3.8, 4) is 5.75 Å². The number of hydrogen-bond acceptors (Lipinski definition) is 3. The molecule has 2 aromatic carbocycles. The van der Waals surface area contributed by atoms with Crippen molar-refractivity contribution in [1.29, 1.82) is 0 Å². The molecule has 20 heavy (non-hydrogen) atoms. The Morgan fingerprint density at radius 3 is 2.30 bits per heavy atom. The third kappa shape index (κ3) is 3.14. The van der Waals surface area contributed by atoms with E-state index < -0.39 is 5.91 Å². The fraction of sp³-hybridized carbons (Fsp3) is 0.0667. The lowest BCUT2D eigenvalue weighted by Gasteiger charge is -2.07. The van der Waals surface area contributed by atoms with Gasteiger partial charge in [0.1, 0.15) is 5.75 Å². The molecule has 0 saturated carbocycles. The molecule has 102 valence electrons. The van der Waals surface area contributed by atoms with Crippen molar-refractivity contribution in [1.82, 2.24) is 0 Å². The molecule has 0 bridgehead atoms. The Balaban J connectivity index is 2.13. The van der Waals surface area contributed by atoms with Crippen molar-refractivity contribution in [2.75, 3.05) is 12.4 Å². The summed E-state index contributed by atoms with van der Waals surface area (Å²) in [5.41, 5.74) is 6.58. The minimum absolute atomic E-state index is 0.269. The van der Waals surface area contributed by atoms with Gasteiger partial charge in [0.2, 0.25) is 5.91 Å². The first-order chi connectivity index (χ1) is 9.60. The second-order valence-corrected chi connectivity index (χ2v) is 4.13. The maximum atomic E-state index is 12.0. The van der Waals surface area contributed by atoms with Crippen molar-refractivity contribution >= 4 is 17.5 Å². The molecule has 2 amide bonds. The lowest BCUT2D eigenvalue weighted by atomic mass is 10.1. The SMILES string of the molecule is COc1cccc(NC(=O)c2ccc(C(N)=O)cc2)c1. The third-order valence-corrected chi connectivity index (χ3v) is 2.76. The van der Waals surface area contributed by atoms with Crippen LogP contribution in [-0.4, -0.2) is 18.9 Å². The van der Waals surface area contributed by atoms with Crippen LogP contribution in [0.3, 0.4) is 0 Å². The van der Waals surface area contributed by atoms with Gasteiger partial charge in [-0.2, -0.15) is 0 Å². The number of methoxy groups -OCH3 is 1. The first-order valence-electron chi connectivity index (χ1n) is 5.95. The monoisotopic (exact) mass is 270 g/mol. The van der Waals surface area contributed by atoms with Gasteiger partial charge in [-0.05, 0) is 36.4 Å². The average Bonchev–Trinajstić information content (AvgIpc) is 2.47. The number of ether oxygens (including phenoxy) is 1. The molecule has 0 aliphatic rings. The van der Waals surface area contributed by atoms with E-state index in [2.05, 4.69) is 5.32 Å². The van der Waals surface area contributed by atoms with Gasteiger partial charge in [-0.15, -0.1) is 0 Å². The van der Waals surface area contributed by atoms with Crippen LogP contribution in [0.4, 0.5) is 5.69 Å². The van der Waals surface area contributed by atoms with Crippen molar-refractivity contribution in [3.05, 3.63) is 59.7 Å². The molecule has 0 fully saturated rings. The second kappa shape index (κ2) is 5.88. The predicted octanol–water partition coefficient (Wildman–Crippen LogP) is 2.05. The van der Waals surface area contributed by atoms with Crippen molar-refractivity contribution in [3.63, 3.8) is 0 Å². The zero-order valence-electron chi connectivity index (χ0n) is 10.9. The quantitative estimate of drug-likeness (QED) is 0.892. The van der Waals surface area contributed by atoms with Crippen LogP contribution < -0.4 is 15.8 Å². The molecule has 2 rings (SSSR count). The van der Waals surface area contributed by atoms with Gasteiger partial charge < -0.3 is 15.8 Å². The molecule has 0 aliphatic heterocycles. The van der Waals surface area contributed by atoms with E-state index in [4.69, 9.17) is 10.5 Å². The van der Waals surface area contributed by atoms with Crippen LogP contribution >= 0.6 is 0 Å². The summed E-state index contributed by atoms with van der Waals surface area (Å²) in [5.74, 6) is -0.133. The number of carbonyl (C=O) groups is 2. The molecular formula is C15H14N2O3. The summed E-state index contributed by atoms with van der Waals surface area (Å²) in [6, 6.07) is 13.2. The summed E-state index contributed by atoms with van der Waals surface area (Å²) in [6.07, 6.45) is 0. The largest absolute Gasteiger partial charge is 0.497 e. The molecule has 0 radical (unpaired) electrons. The number of primary amides is 1. The summed E-state index contributed by atoms with van der Waals surface area (Å²) in [7, 11) is 1.56. The number of hydrogen-bond donors (Lipinski definition) is 2. The van der Waals surface area contributed by atoms with Crippen molar-refractivity contribution in [2.45, 2.75) is 0 Å². The number of nitrogens with two attached hydrogens (primary N) is 1. The second-order valence-electron chi connectivity index (χ2n) is 4.13. The minimum Gasteiger partial charge on any atom is -0.497 e. The minimum atomic E-state index is -0.523. The Hall–Kier alpha value is -2.82. The molecule has 0 spiro atoms. The van der Waals surface area contributed by atoms with Gasteiger partial charge in [0.25, 0.3) is 5.91 Å². The molecular weight excluding hydrogens is 256 g/mol. The lowest BCUT2D eigenvalue weighted by molar-refractivity contribution is 0.0995. The summed E-state index contributed by atoms with van der Waals surface area (Å²) >= 11 is 0. The standard InChI is InChI=1S/C15H14N2O3/c1-20-13-4-2-3-12(9-13)17-15(19)11-7-5-10(6-8-11)14(16)18/h2-9H,1H3,(H2,16,18)(H,17,19). The van der Waals surface area contributed by atoms with E-state index in [0.29, 0.717) is 22.6 Å². The van der Waals surface area contributed by atoms with E-state index in [1.54, 1.807) is 43.5 Å². The topological polar surface area (TPSA) is 81.4 Å². The molecule has 2 aromatic rings. The Kier molecular flexibility index (Phi) is 4.00. The highest BCUT2D eigenvalue weighted by atomic mass is 16.5. The fourth-order valence-corrected chi connectivity index (χ4v) is 1.69. The molecule has 0 heterocycles. The number of benzene rings is 2. The number of nitrogens with one attached hydrogen (secondary N) is 1. The molecule has 5 heteroatoms. The zero-order chi connectivity index (χ0) is 14.5. The maximum absolute atomic E-state index is 12.0. The molecule has 0 unspecified atom stereocenters. The van der Waals surface area contributed by atoms with Gasteiger partial charge in [-0.25, -0.2) is 0 Å². The normalized spacial score (nSPS) is 9.85. The summed E-state index contributed by atoms with van der Waals surface area (Å²) in [5, 5.41) is 2.75. The van der Waals surface area contributed by atoms with Crippen LogP contribution in [0.2, 0.25) is 0 Å². The smallest absolute Gasteiger partial charge is 0.255 e. The average molecular weight is 270 g/mol. The van der Waals surface area contributed by atoms with E-state index in [9.17, 15) is 9.59 Å². The highest BCUT2D eigenvalue weighted by Crippen LogP contribution is 2.17. The molecule has 3 N–H and O–H groups in total. The van der Waals surface area contributed by atoms with Gasteiger partial charge in [0, 0.05) is 22.9 Å². The Morgan fingerprint density at radius 2 is 1.70 bits per heavy atom. The molecule has 0 atom stereocenters. The van der Waals surface area contributed by atoms with E-state index >= 15 is 0 Å². The van der Waals surface area contributed by atoms with Gasteiger partial charge in [0.15, 0.2) is 0 Å². The summed E-state index contributed by atoms with van der Waals surface area (Å²) in [4.78, 5) is 23.0. The van der Waals surface area contributed by atoms with E-state index in [0.717, 1.165) is 0 Å².